The summed E-state index contributed by atoms with van der Waals surface area (Å²) in [4.78, 5) is 12.3. The largest absolute Gasteiger partial charge is 0.310 e. The molecule has 13 aromatic rings. The zero-order chi connectivity index (χ0) is 42.8. The van der Waals surface area contributed by atoms with Gasteiger partial charge < -0.3 is 4.90 Å². The van der Waals surface area contributed by atoms with Gasteiger partial charge in [-0.1, -0.05) is 164 Å². The number of nitrogens with zero attached hydrogens (tertiary/aromatic N) is 3. The Morgan fingerprint density at radius 2 is 0.646 bits per heavy atom. The maximum absolute atomic E-state index is 4.97. The Morgan fingerprint density at radius 1 is 0.246 bits per heavy atom. The lowest BCUT2D eigenvalue weighted by atomic mass is 9.96. The molecule has 0 saturated carbocycles. The number of benzene rings is 11. The Morgan fingerprint density at radius 3 is 1.23 bits per heavy atom. The highest BCUT2D eigenvalue weighted by Crippen LogP contribution is 2.42. The van der Waals surface area contributed by atoms with Gasteiger partial charge in [0.2, 0.25) is 0 Å². The van der Waals surface area contributed by atoms with Crippen LogP contribution in [0.1, 0.15) is 0 Å². The summed E-state index contributed by atoms with van der Waals surface area (Å²) in [5, 5.41) is 16.9. The molecule has 2 aromatic heterocycles. The second-order valence-electron chi connectivity index (χ2n) is 17.0. The SMILES string of the molecule is c1ccc2cc(-c3ccc4c(ccc5cc(N(c6ccc(-c7nccc8ccc9ccccc9c78)cc6)c6ccc(-c7nccc8ccc9ccccc9c78)cc6)ccc54)c3)ccc2c1. The normalized spacial score (nSPS) is 11.7. The standard InChI is InChI=1S/C62H39N3/c1-2-10-47-37-48(18-13-40(47)7-1)49-25-31-55-50(38-49)19-20-51-39-54(30-32-56(51)55)65(52-26-21-45(22-27-52)61-59-43(33-35-63-61)16-14-41-8-3-5-11-57(41)59)53-28-23-46(24-29-53)62-60-44(34-36-64-62)17-15-42-9-4-6-12-58(42)60/h1-39H. The van der Waals surface area contributed by atoms with Crippen molar-refractivity contribution in [3.05, 3.63) is 237 Å². The first-order valence-electron chi connectivity index (χ1n) is 22.2. The summed E-state index contributed by atoms with van der Waals surface area (Å²) in [5.41, 5.74) is 9.76. The molecule has 0 spiro atoms. The van der Waals surface area contributed by atoms with E-state index in [1.807, 2.05) is 12.4 Å². The summed E-state index contributed by atoms with van der Waals surface area (Å²) in [7, 11) is 0. The average Bonchev–Trinajstić information content (AvgIpc) is 3.38. The second-order valence-corrected chi connectivity index (χ2v) is 17.0. The Kier molecular flexibility index (Phi) is 8.53. The Labute approximate surface area is 376 Å². The van der Waals surface area contributed by atoms with Crippen LogP contribution in [0.15, 0.2) is 237 Å². The molecular formula is C62H39N3. The van der Waals surface area contributed by atoms with Gasteiger partial charge in [-0.15, -0.1) is 0 Å². The van der Waals surface area contributed by atoms with Crippen molar-refractivity contribution < 1.29 is 0 Å². The fourth-order valence-electron chi connectivity index (χ4n) is 10.1. The van der Waals surface area contributed by atoms with Crippen molar-refractivity contribution in [2.45, 2.75) is 0 Å². The summed E-state index contributed by atoms with van der Waals surface area (Å²) < 4.78 is 0. The predicted molar refractivity (Wildman–Crippen MR) is 276 cm³/mol. The summed E-state index contributed by atoms with van der Waals surface area (Å²) in [5.74, 6) is 0. The predicted octanol–water partition coefficient (Wildman–Crippen LogP) is 17.0. The number of anilines is 3. The van der Waals surface area contributed by atoms with E-state index in [4.69, 9.17) is 9.97 Å². The number of hydrogen-bond donors (Lipinski definition) is 0. The van der Waals surface area contributed by atoms with E-state index < -0.39 is 0 Å². The van der Waals surface area contributed by atoms with Gasteiger partial charge in [0, 0.05) is 51.4 Å². The minimum absolute atomic E-state index is 0.984. The molecular weight excluding hydrogens is 787 g/mol. The molecule has 0 N–H and O–H groups in total. The maximum atomic E-state index is 4.97. The molecule has 13 rings (SSSR count). The highest BCUT2D eigenvalue weighted by atomic mass is 15.1. The smallest absolute Gasteiger partial charge is 0.0786 e. The summed E-state index contributed by atoms with van der Waals surface area (Å²) in [6, 6.07) is 81.5. The molecule has 0 amide bonds. The molecule has 302 valence electrons. The van der Waals surface area contributed by atoms with Gasteiger partial charge >= 0.3 is 0 Å². The van der Waals surface area contributed by atoms with Gasteiger partial charge in [-0.25, -0.2) is 0 Å². The molecule has 65 heavy (non-hydrogen) atoms. The fourth-order valence-corrected chi connectivity index (χ4v) is 10.1. The van der Waals surface area contributed by atoms with Crippen molar-refractivity contribution in [2.24, 2.45) is 0 Å². The van der Waals surface area contributed by atoms with E-state index in [1.54, 1.807) is 0 Å². The van der Waals surface area contributed by atoms with Crippen molar-refractivity contribution in [1.29, 1.82) is 0 Å². The van der Waals surface area contributed by atoms with E-state index in [1.165, 1.54) is 86.5 Å². The number of rotatable bonds is 6. The second kappa shape index (κ2) is 15.0. The van der Waals surface area contributed by atoms with Crippen LogP contribution >= 0.6 is 0 Å². The Hall–Kier alpha value is -8.66. The first-order chi connectivity index (χ1) is 32.2. The molecule has 3 nitrogen and oxygen atoms in total. The third kappa shape index (κ3) is 6.28. The van der Waals surface area contributed by atoms with E-state index in [0.717, 1.165) is 39.6 Å². The van der Waals surface area contributed by atoms with Gasteiger partial charge in [0.05, 0.1) is 11.4 Å². The van der Waals surface area contributed by atoms with Crippen LogP contribution in [-0.2, 0) is 0 Å². The van der Waals surface area contributed by atoms with Crippen LogP contribution in [0.25, 0.3) is 109 Å². The molecule has 0 aliphatic carbocycles. The molecule has 0 saturated heterocycles. The van der Waals surface area contributed by atoms with Crippen molar-refractivity contribution >= 4 is 92.5 Å². The lowest BCUT2D eigenvalue weighted by molar-refractivity contribution is 1.28. The van der Waals surface area contributed by atoms with E-state index in [-0.39, 0.29) is 0 Å². The van der Waals surface area contributed by atoms with Crippen molar-refractivity contribution in [3.8, 4) is 33.6 Å². The summed E-state index contributed by atoms with van der Waals surface area (Å²) in [6.45, 7) is 0. The summed E-state index contributed by atoms with van der Waals surface area (Å²) in [6.07, 6.45) is 3.84. The number of pyridine rings is 2. The van der Waals surface area contributed by atoms with Crippen molar-refractivity contribution in [3.63, 3.8) is 0 Å². The molecule has 0 bridgehead atoms. The van der Waals surface area contributed by atoms with Gasteiger partial charge in [-0.05, 0) is 136 Å². The minimum Gasteiger partial charge on any atom is -0.310 e. The number of aromatic nitrogens is 2. The van der Waals surface area contributed by atoms with Crippen molar-refractivity contribution in [1.82, 2.24) is 9.97 Å². The molecule has 3 heteroatoms. The van der Waals surface area contributed by atoms with Gasteiger partial charge in [0.15, 0.2) is 0 Å². The molecule has 0 unspecified atom stereocenters. The Balaban J connectivity index is 0.926. The molecule has 0 radical (unpaired) electrons. The zero-order valence-electron chi connectivity index (χ0n) is 35.4. The van der Waals surface area contributed by atoms with Crippen LogP contribution in [0, 0.1) is 0 Å². The topological polar surface area (TPSA) is 29.0 Å². The molecule has 0 aliphatic heterocycles. The van der Waals surface area contributed by atoms with Gasteiger partial charge in [-0.2, -0.15) is 0 Å². The van der Waals surface area contributed by atoms with Crippen molar-refractivity contribution in [2.75, 3.05) is 4.90 Å². The molecule has 2 heterocycles. The van der Waals surface area contributed by atoms with Crippen LogP contribution in [0.4, 0.5) is 17.1 Å². The monoisotopic (exact) mass is 825 g/mol. The van der Waals surface area contributed by atoms with Gasteiger partial charge in [0.1, 0.15) is 0 Å². The lowest BCUT2D eigenvalue weighted by Crippen LogP contribution is -2.10. The zero-order valence-corrected chi connectivity index (χ0v) is 35.4. The highest BCUT2D eigenvalue weighted by Gasteiger charge is 2.17. The first-order valence-corrected chi connectivity index (χ1v) is 22.2. The average molecular weight is 826 g/mol. The van der Waals surface area contributed by atoms with E-state index in [0.29, 0.717) is 0 Å². The molecule has 0 atom stereocenters. The van der Waals surface area contributed by atoms with Crippen LogP contribution in [-0.4, -0.2) is 9.97 Å². The fraction of sp³-hybridized carbons (Fsp3) is 0. The third-order valence-electron chi connectivity index (χ3n) is 13.3. The van der Waals surface area contributed by atoms with E-state index in [2.05, 4.69) is 229 Å². The van der Waals surface area contributed by atoms with Crippen LogP contribution in [0.2, 0.25) is 0 Å². The molecule has 0 fully saturated rings. The van der Waals surface area contributed by atoms with E-state index in [9.17, 15) is 0 Å². The quantitative estimate of drug-likeness (QED) is 0.156. The minimum atomic E-state index is 0.984. The highest BCUT2D eigenvalue weighted by molar-refractivity contribution is 6.15. The first kappa shape index (κ1) is 36.9. The van der Waals surface area contributed by atoms with E-state index >= 15 is 0 Å². The molecule has 0 aliphatic rings. The van der Waals surface area contributed by atoms with Crippen LogP contribution in [0.3, 0.4) is 0 Å². The van der Waals surface area contributed by atoms with Crippen LogP contribution < -0.4 is 4.90 Å². The summed E-state index contributed by atoms with van der Waals surface area (Å²) >= 11 is 0. The number of fused-ring (bicyclic) bond motifs is 10. The molecule has 11 aromatic carbocycles. The lowest BCUT2D eigenvalue weighted by Gasteiger charge is -2.26. The van der Waals surface area contributed by atoms with Gasteiger partial charge in [-0.3, -0.25) is 9.97 Å². The van der Waals surface area contributed by atoms with Crippen LogP contribution in [0.5, 0.6) is 0 Å². The number of hydrogen-bond acceptors (Lipinski definition) is 3. The Bertz CT molecular complexity index is 3840. The third-order valence-corrected chi connectivity index (χ3v) is 13.3. The maximum Gasteiger partial charge on any atom is 0.0786 e. The van der Waals surface area contributed by atoms with Gasteiger partial charge in [0.25, 0.3) is 0 Å².